The number of carbonyl (C=O) groups is 1. The molecule has 1 aromatic carbocycles. The van der Waals surface area contributed by atoms with Crippen LogP contribution >= 0.6 is 0 Å². The van der Waals surface area contributed by atoms with Gasteiger partial charge < -0.3 is 19.4 Å². The SMILES string of the molecule is CCCNC(=O)CN1CCn2cccc2[C@@H]1c1ccc2c(c1)OCCO2. The summed E-state index contributed by atoms with van der Waals surface area (Å²) in [4.78, 5) is 14.6. The topological polar surface area (TPSA) is 55.7 Å². The summed E-state index contributed by atoms with van der Waals surface area (Å²) >= 11 is 0. The number of nitrogens with zero attached hydrogens (tertiary/aromatic N) is 2. The van der Waals surface area contributed by atoms with Gasteiger partial charge in [-0.2, -0.15) is 0 Å². The second kappa shape index (κ2) is 7.41. The molecular weight excluding hydrogens is 330 g/mol. The Labute approximate surface area is 153 Å². The lowest BCUT2D eigenvalue weighted by molar-refractivity contribution is -0.122. The van der Waals surface area contributed by atoms with E-state index in [-0.39, 0.29) is 11.9 Å². The summed E-state index contributed by atoms with van der Waals surface area (Å²) in [5, 5.41) is 2.99. The quantitative estimate of drug-likeness (QED) is 0.893. The molecule has 0 spiro atoms. The number of amides is 1. The van der Waals surface area contributed by atoms with E-state index in [9.17, 15) is 4.79 Å². The molecule has 6 nitrogen and oxygen atoms in total. The molecule has 1 atom stereocenters. The number of aromatic nitrogens is 1. The van der Waals surface area contributed by atoms with Crippen molar-refractivity contribution >= 4 is 5.91 Å². The maximum atomic E-state index is 12.3. The Hall–Kier alpha value is -2.47. The highest BCUT2D eigenvalue weighted by molar-refractivity contribution is 5.78. The fourth-order valence-corrected chi connectivity index (χ4v) is 3.72. The summed E-state index contributed by atoms with van der Waals surface area (Å²) in [5.41, 5.74) is 2.33. The molecule has 1 aromatic heterocycles. The van der Waals surface area contributed by atoms with Crippen LogP contribution in [-0.4, -0.2) is 48.2 Å². The van der Waals surface area contributed by atoms with Crippen molar-refractivity contribution in [3.8, 4) is 11.5 Å². The average Bonchev–Trinajstić information content (AvgIpc) is 3.14. The predicted octanol–water partition coefficient (Wildman–Crippen LogP) is 2.19. The third kappa shape index (κ3) is 3.29. The van der Waals surface area contributed by atoms with E-state index in [1.165, 1.54) is 5.69 Å². The third-order valence-electron chi connectivity index (χ3n) is 4.94. The number of nitrogens with one attached hydrogen (secondary N) is 1. The maximum Gasteiger partial charge on any atom is 0.234 e. The fourth-order valence-electron chi connectivity index (χ4n) is 3.72. The van der Waals surface area contributed by atoms with Crippen molar-refractivity contribution in [1.29, 1.82) is 0 Å². The molecule has 0 saturated heterocycles. The van der Waals surface area contributed by atoms with Crippen molar-refractivity contribution in [2.45, 2.75) is 25.9 Å². The Morgan fingerprint density at radius 2 is 2.04 bits per heavy atom. The minimum absolute atomic E-state index is 0.0296. The molecule has 2 aliphatic heterocycles. The first-order valence-electron chi connectivity index (χ1n) is 9.31. The largest absolute Gasteiger partial charge is 0.486 e. The summed E-state index contributed by atoms with van der Waals surface area (Å²) in [5.74, 6) is 1.65. The molecule has 2 aliphatic rings. The number of hydrogen-bond acceptors (Lipinski definition) is 4. The van der Waals surface area contributed by atoms with Gasteiger partial charge in [0.05, 0.1) is 12.6 Å². The number of benzene rings is 1. The molecule has 1 amide bonds. The number of fused-ring (bicyclic) bond motifs is 2. The Bertz CT molecular complexity index is 786. The van der Waals surface area contributed by atoms with Gasteiger partial charge in [0.1, 0.15) is 13.2 Å². The van der Waals surface area contributed by atoms with Gasteiger partial charge in [-0.05, 0) is 36.2 Å². The molecule has 138 valence electrons. The van der Waals surface area contributed by atoms with Crippen LogP contribution in [0.2, 0.25) is 0 Å². The summed E-state index contributed by atoms with van der Waals surface area (Å²) in [6, 6.07) is 10.3. The molecule has 3 heterocycles. The Morgan fingerprint density at radius 3 is 2.88 bits per heavy atom. The van der Waals surface area contributed by atoms with Gasteiger partial charge in [-0.1, -0.05) is 13.0 Å². The van der Waals surface area contributed by atoms with E-state index in [0.29, 0.717) is 19.8 Å². The van der Waals surface area contributed by atoms with Crippen LogP contribution in [0.4, 0.5) is 0 Å². The Morgan fingerprint density at radius 1 is 1.19 bits per heavy atom. The normalized spacial score (nSPS) is 19.0. The van der Waals surface area contributed by atoms with E-state index in [1.807, 2.05) is 6.07 Å². The first kappa shape index (κ1) is 17.0. The van der Waals surface area contributed by atoms with Crippen LogP contribution in [0, 0.1) is 0 Å². The molecule has 0 radical (unpaired) electrons. The molecule has 2 aromatic rings. The second-order valence-electron chi connectivity index (χ2n) is 6.75. The summed E-state index contributed by atoms with van der Waals surface area (Å²) in [6.07, 6.45) is 3.05. The van der Waals surface area contributed by atoms with Gasteiger partial charge in [0, 0.05) is 31.5 Å². The average molecular weight is 355 g/mol. The Balaban J connectivity index is 1.64. The Kier molecular flexibility index (Phi) is 4.84. The molecule has 0 fully saturated rings. The van der Waals surface area contributed by atoms with Crippen molar-refractivity contribution in [3.63, 3.8) is 0 Å². The number of ether oxygens (including phenoxy) is 2. The highest BCUT2D eigenvalue weighted by atomic mass is 16.6. The lowest BCUT2D eigenvalue weighted by atomic mass is 9.99. The zero-order valence-electron chi connectivity index (χ0n) is 15.1. The van der Waals surface area contributed by atoms with E-state index in [4.69, 9.17) is 9.47 Å². The van der Waals surface area contributed by atoms with Crippen molar-refractivity contribution < 1.29 is 14.3 Å². The molecular formula is C20H25N3O3. The summed E-state index contributed by atoms with van der Waals surface area (Å²) in [6.45, 7) is 6.06. The molecule has 0 bridgehead atoms. The van der Waals surface area contributed by atoms with Crippen molar-refractivity contribution in [2.75, 3.05) is 32.8 Å². The van der Waals surface area contributed by atoms with Crippen molar-refractivity contribution in [3.05, 3.63) is 47.8 Å². The van der Waals surface area contributed by atoms with Gasteiger partial charge in [-0.3, -0.25) is 9.69 Å². The van der Waals surface area contributed by atoms with Gasteiger partial charge in [-0.15, -0.1) is 0 Å². The zero-order valence-corrected chi connectivity index (χ0v) is 15.1. The second-order valence-corrected chi connectivity index (χ2v) is 6.75. The highest BCUT2D eigenvalue weighted by Crippen LogP contribution is 2.38. The summed E-state index contributed by atoms with van der Waals surface area (Å²) in [7, 11) is 0. The minimum Gasteiger partial charge on any atom is -0.486 e. The van der Waals surface area contributed by atoms with E-state index in [0.717, 1.165) is 43.1 Å². The van der Waals surface area contributed by atoms with Crippen LogP contribution in [0.5, 0.6) is 11.5 Å². The van der Waals surface area contributed by atoms with Crippen molar-refractivity contribution in [2.24, 2.45) is 0 Å². The lowest BCUT2D eigenvalue weighted by Gasteiger charge is -2.37. The zero-order chi connectivity index (χ0) is 17.9. The number of rotatable bonds is 5. The minimum atomic E-state index is 0.0296. The molecule has 6 heteroatoms. The standard InChI is InChI=1S/C20H25N3O3/c1-2-7-21-19(24)14-23-10-9-22-8-3-4-16(22)20(23)15-5-6-17-18(13-15)26-12-11-25-17/h3-6,8,13,20H,2,7,9-12,14H2,1H3,(H,21,24)/t20-/m0/s1. The van der Waals surface area contributed by atoms with Crippen LogP contribution in [0.15, 0.2) is 36.5 Å². The van der Waals surface area contributed by atoms with Crippen LogP contribution < -0.4 is 14.8 Å². The van der Waals surface area contributed by atoms with Gasteiger partial charge >= 0.3 is 0 Å². The van der Waals surface area contributed by atoms with Gasteiger partial charge in [-0.25, -0.2) is 0 Å². The van der Waals surface area contributed by atoms with Gasteiger partial charge in [0.2, 0.25) is 5.91 Å². The third-order valence-corrected chi connectivity index (χ3v) is 4.94. The first-order chi connectivity index (χ1) is 12.8. The highest BCUT2D eigenvalue weighted by Gasteiger charge is 2.31. The van der Waals surface area contributed by atoms with Crippen LogP contribution in [-0.2, 0) is 11.3 Å². The van der Waals surface area contributed by atoms with Gasteiger partial charge in [0.25, 0.3) is 0 Å². The predicted molar refractivity (Wildman–Crippen MR) is 98.6 cm³/mol. The van der Waals surface area contributed by atoms with Crippen molar-refractivity contribution in [1.82, 2.24) is 14.8 Å². The van der Waals surface area contributed by atoms with Crippen LogP contribution in [0.3, 0.4) is 0 Å². The van der Waals surface area contributed by atoms with E-state index >= 15 is 0 Å². The lowest BCUT2D eigenvalue weighted by Crippen LogP contribution is -2.44. The van der Waals surface area contributed by atoms with Crippen LogP contribution in [0.1, 0.15) is 30.6 Å². The smallest absolute Gasteiger partial charge is 0.234 e. The molecule has 26 heavy (non-hydrogen) atoms. The number of carbonyl (C=O) groups excluding carboxylic acids is 1. The molecule has 1 N–H and O–H groups in total. The van der Waals surface area contributed by atoms with E-state index in [2.05, 4.69) is 52.2 Å². The fraction of sp³-hybridized carbons (Fsp3) is 0.450. The number of hydrogen-bond donors (Lipinski definition) is 1. The van der Waals surface area contributed by atoms with Gasteiger partial charge in [0.15, 0.2) is 11.5 Å². The molecule has 0 saturated carbocycles. The summed E-state index contributed by atoms with van der Waals surface area (Å²) < 4.78 is 13.7. The first-order valence-corrected chi connectivity index (χ1v) is 9.31. The van der Waals surface area contributed by atoms with E-state index in [1.54, 1.807) is 0 Å². The van der Waals surface area contributed by atoms with Crippen LogP contribution in [0.25, 0.3) is 0 Å². The maximum absolute atomic E-state index is 12.3. The van der Waals surface area contributed by atoms with E-state index < -0.39 is 0 Å². The monoisotopic (exact) mass is 355 g/mol. The molecule has 0 aliphatic carbocycles. The molecule has 0 unspecified atom stereocenters. The molecule has 4 rings (SSSR count).